The minimum atomic E-state index is -0.359. The molecule has 1 N–H and O–H groups in total. The Bertz CT molecular complexity index is 519. The highest BCUT2D eigenvalue weighted by atomic mass is 16.5. The molecule has 0 aliphatic heterocycles. The Morgan fingerprint density at radius 3 is 2.76 bits per heavy atom. The summed E-state index contributed by atoms with van der Waals surface area (Å²) in [6.07, 6.45) is 5.05. The first-order valence-corrected chi connectivity index (χ1v) is 7.43. The molecule has 0 radical (unpaired) electrons. The summed E-state index contributed by atoms with van der Waals surface area (Å²) in [5.74, 6) is 0.596. The summed E-state index contributed by atoms with van der Waals surface area (Å²) in [4.78, 5) is 11.7. The Morgan fingerprint density at radius 1 is 1.38 bits per heavy atom. The number of alkyl carbamates (subject to hydrolysis) is 1. The fourth-order valence-electron chi connectivity index (χ4n) is 2.46. The number of ether oxygens (including phenoxy) is 1. The van der Waals surface area contributed by atoms with Gasteiger partial charge in [-0.2, -0.15) is 0 Å². The van der Waals surface area contributed by atoms with E-state index in [0.717, 1.165) is 24.8 Å². The molecule has 1 amide bonds. The number of nitrogens with one attached hydrogen (secondary N) is 1. The summed E-state index contributed by atoms with van der Waals surface area (Å²) in [5.41, 5.74) is 3.53. The van der Waals surface area contributed by atoms with Crippen molar-refractivity contribution in [1.82, 2.24) is 5.32 Å². The third-order valence-electron chi connectivity index (χ3n) is 3.87. The molecule has 2 rings (SSSR count). The van der Waals surface area contributed by atoms with Gasteiger partial charge in [0.05, 0.1) is 0 Å². The molecule has 0 aromatic heterocycles. The molecule has 0 saturated heterocycles. The molecule has 112 valence electrons. The number of amides is 1. The Balaban J connectivity index is 1.69. The van der Waals surface area contributed by atoms with Gasteiger partial charge in [-0.1, -0.05) is 54.1 Å². The Morgan fingerprint density at radius 2 is 2.14 bits per heavy atom. The largest absolute Gasteiger partial charge is 0.445 e. The van der Waals surface area contributed by atoms with Crippen molar-refractivity contribution in [3.8, 4) is 0 Å². The number of allylic oxidation sites excluding steroid dienone is 2. The summed E-state index contributed by atoms with van der Waals surface area (Å²) in [6, 6.07) is 9.68. The van der Waals surface area contributed by atoms with Crippen LogP contribution in [0.25, 0.3) is 0 Å². The fourth-order valence-corrected chi connectivity index (χ4v) is 2.46. The van der Waals surface area contributed by atoms with Crippen molar-refractivity contribution < 1.29 is 9.53 Å². The predicted molar refractivity (Wildman–Crippen MR) is 84.9 cm³/mol. The van der Waals surface area contributed by atoms with Crippen LogP contribution in [-0.4, -0.2) is 12.6 Å². The number of carbonyl (C=O) groups excluding carboxylic acids is 1. The lowest BCUT2D eigenvalue weighted by atomic mass is 9.85. The first-order chi connectivity index (χ1) is 10.1. The lowest BCUT2D eigenvalue weighted by Gasteiger charge is -2.22. The molecule has 1 aromatic carbocycles. The summed E-state index contributed by atoms with van der Waals surface area (Å²) in [6.45, 7) is 6.99. The minimum Gasteiger partial charge on any atom is -0.445 e. The maximum atomic E-state index is 11.7. The average Bonchev–Trinajstić information content (AvgIpc) is 2.52. The quantitative estimate of drug-likeness (QED) is 0.823. The van der Waals surface area contributed by atoms with Crippen LogP contribution in [0.5, 0.6) is 0 Å². The molecule has 1 atom stereocenters. The molecule has 0 heterocycles. The minimum absolute atomic E-state index is 0.309. The normalized spacial score (nSPS) is 17.8. The predicted octanol–water partition coefficient (Wildman–Crippen LogP) is 4.22. The number of rotatable bonds is 5. The molecule has 0 saturated carbocycles. The SMILES string of the molecule is C=C(C)C1CC=C(CNC(=O)OCc2ccccc2)CC1. The van der Waals surface area contributed by atoms with Gasteiger partial charge < -0.3 is 10.1 Å². The molecule has 21 heavy (non-hydrogen) atoms. The van der Waals surface area contributed by atoms with Gasteiger partial charge in [0.25, 0.3) is 0 Å². The third kappa shape index (κ3) is 5.10. The van der Waals surface area contributed by atoms with E-state index in [4.69, 9.17) is 4.74 Å². The highest BCUT2D eigenvalue weighted by Crippen LogP contribution is 2.27. The molecule has 3 heteroatoms. The van der Waals surface area contributed by atoms with E-state index >= 15 is 0 Å². The van der Waals surface area contributed by atoms with Crippen molar-refractivity contribution in [1.29, 1.82) is 0 Å². The summed E-state index contributed by atoms with van der Waals surface area (Å²) >= 11 is 0. The Hall–Kier alpha value is -2.03. The van der Waals surface area contributed by atoms with Crippen LogP contribution in [-0.2, 0) is 11.3 Å². The highest BCUT2D eigenvalue weighted by Gasteiger charge is 2.15. The van der Waals surface area contributed by atoms with Crippen molar-refractivity contribution in [3.05, 3.63) is 59.7 Å². The molecule has 0 fully saturated rings. The van der Waals surface area contributed by atoms with Gasteiger partial charge in [0.15, 0.2) is 0 Å². The maximum Gasteiger partial charge on any atom is 0.407 e. The van der Waals surface area contributed by atoms with E-state index in [2.05, 4.69) is 24.9 Å². The maximum absolute atomic E-state index is 11.7. The van der Waals surface area contributed by atoms with E-state index in [1.165, 1.54) is 11.1 Å². The van der Waals surface area contributed by atoms with Gasteiger partial charge in [-0.15, -0.1) is 0 Å². The van der Waals surface area contributed by atoms with E-state index in [1.807, 2.05) is 30.3 Å². The van der Waals surface area contributed by atoms with E-state index in [0.29, 0.717) is 19.1 Å². The van der Waals surface area contributed by atoms with Gasteiger partial charge in [-0.25, -0.2) is 4.79 Å². The third-order valence-corrected chi connectivity index (χ3v) is 3.87. The smallest absolute Gasteiger partial charge is 0.407 e. The van der Waals surface area contributed by atoms with Crippen LogP contribution in [0, 0.1) is 5.92 Å². The molecular weight excluding hydrogens is 262 g/mol. The van der Waals surface area contributed by atoms with Gasteiger partial charge in [-0.05, 0) is 37.7 Å². The summed E-state index contributed by atoms with van der Waals surface area (Å²) in [7, 11) is 0. The van der Waals surface area contributed by atoms with Crippen LogP contribution in [0.15, 0.2) is 54.1 Å². The number of carbonyl (C=O) groups is 1. The van der Waals surface area contributed by atoms with E-state index in [-0.39, 0.29) is 6.09 Å². The fraction of sp³-hybridized carbons (Fsp3) is 0.389. The van der Waals surface area contributed by atoms with Crippen molar-refractivity contribution in [2.24, 2.45) is 5.92 Å². The number of hydrogen-bond acceptors (Lipinski definition) is 2. The second-order valence-electron chi connectivity index (χ2n) is 5.60. The molecular formula is C18H23NO2. The average molecular weight is 285 g/mol. The zero-order valence-electron chi connectivity index (χ0n) is 12.6. The lowest BCUT2D eigenvalue weighted by Crippen LogP contribution is -2.27. The van der Waals surface area contributed by atoms with Crippen molar-refractivity contribution >= 4 is 6.09 Å². The molecule has 1 unspecified atom stereocenters. The van der Waals surface area contributed by atoms with E-state index in [1.54, 1.807) is 0 Å². The zero-order chi connectivity index (χ0) is 15.1. The second kappa shape index (κ2) is 7.67. The summed E-state index contributed by atoms with van der Waals surface area (Å²) in [5, 5.41) is 2.81. The van der Waals surface area contributed by atoms with Gasteiger partial charge in [0.1, 0.15) is 6.61 Å². The van der Waals surface area contributed by atoms with Gasteiger partial charge in [0, 0.05) is 6.54 Å². The first-order valence-electron chi connectivity index (χ1n) is 7.43. The molecule has 1 aromatic rings. The van der Waals surface area contributed by atoms with Crippen LogP contribution in [0.3, 0.4) is 0 Å². The van der Waals surface area contributed by atoms with Crippen LogP contribution in [0.1, 0.15) is 31.7 Å². The monoisotopic (exact) mass is 285 g/mol. The Kier molecular flexibility index (Phi) is 5.61. The van der Waals surface area contributed by atoms with E-state index < -0.39 is 0 Å². The lowest BCUT2D eigenvalue weighted by molar-refractivity contribution is 0.140. The standard InChI is InChI=1S/C18H23NO2/c1-14(2)17-10-8-15(9-11-17)12-19-18(20)21-13-16-6-4-3-5-7-16/h3-8,17H,1,9-13H2,2H3,(H,19,20). The molecule has 0 spiro atoms. The Labute approximate surface area is 126 Å². The van der Waals surface area contributed by atoms with Crippen LogP contribution >= 0.6 is 0 Å². The molecule has 3 nitrogen and oxygen atoms in total. The topological polar surface area (TPSA) is 38.3 Å². The molecule has 1 aliphatic rings. The van der Waals surface area contributed by atoms with Gasteiger partial charge in [-0.3, -0.25) is 0 Å². The van der Waals surface area contributed by atoms with Crippen molar-refractivity contribution in [2.45, 2.75) is 32.8 Å². The second-order valence-corrected chi connectivity index (χ2v) is 5.60. The van der Waals surface area contributed by atoms with E-state index in [9.17, 15) is 4.79 Å². The molecule has 1 aliphatic carbocycles. The van der Waals surface area contributed by atoms with Crippen LogP contribution < -0.4 is 5.32 Å². The zero-order valence-corrected chi connectivity index (χ0v) is 12.6. The first kappa shape index (κ1) is 15.4. The van der Waals surface area contributed by atoms with Crippen molar-refractivity contribution in [3.63, 3.8) is 0 Å². The van der Waals surface area contributed by atoms with Crippen LogP contribution in [0.4, 0.5) is 4.79 Å². The van der Waals surface area contributed by atoms with Gasteiger partial charge in [0.2, 0.25) is 0 Å². The van der Waals surface area contributed by atoms with Gasteiger partial charge >= 0.3 is 6.09 Å². The molecule has 0 bridgehead atoms. The number of benzene rings is 1. The number of hydrogen-bond donors (Lipinski definition) is 1. The highest BCUT2D eigenvalue weighted by molar-refractivity contribution is 5.67. The van der Waals surface area contributed by atoms with Crippen molar-refractivity contribution in [2.75, 3.05) is 6.54 Å². The van der Waals surface area contributed by atoms with Crippen LogP contribution in [0.2, 0.25) is 0 Å². The summed E-state index contributed by atoms with van der Waals surface area (Å²) < 4.78 is 5.19.